The molecule has 0 saturated carbocycles. The van der Waals surface area contributed by atoms with Gasteiger partial charge < -0.3 is 10.1 Å². The van der Waals surface area contributed by atoms with E-state index >= 15 is 0 Å². The van der Waals surface area contributed by atoms with Gasteiger partial charge in [-0.05, 0) is 11.6 Å². The van der Waals surface area contributed by atoms with Crippen molar-refractivity contribution in [2.45, 2.75) is 13.1 Å². The Morgan fingerprint density at radius 2 is 2.14 bits per heavy atom. The van der Waals surface area contributed by atoms with Crippen LogP contribution in [0.4, 0.5) is 11.6 Å². The number of nitrogens with one attached hydrogen (secondary N) is 1. The molecule has 4 aromatic rings. The van der Waals surface area contributed by atoms with E-state index in [0.717, 1.165) is 16.8 Å². The van der Waals surface area contributed by atoms with E-state index in [4.69, 9.17) is 11.0 Å². The van der Waals surface area contributed by atoms with Crippen molar-refractivity contribution in [3.05, 3.63) is 54.9 Å². The van der Waals surface area contributed by atoms with Gasteiger partial charge in [-0.1, -0.05) is 6.07 Å². The summed E-state index contributed by atoms with van der Waals surface area (Å²) in [4.78, 5) is 13.2. The average molecular weight is 374 g/mol. The van der Waals surface area contributed by atoms with Crippen LogP contribution in [0.1, 0.15) is 5.56 Å². The number of nitrogen functional groups attached to an aromatic ring is 1. The normalized spacial score (nSPS) is 10.9. The van der Waals surface area contributed by atoms with E-state index < -0.39 is 0 Å². The summed E-state index contributed by atoms with van der Waals surface area (Å²) in [5.41, 5.74) is 12.5. The molecule has 0 spiro atoms. The molecule has 0 aliphatic heterocycles. The van der Waals surface area contributed by atoms with E-state index in [0.29, 0.717) is 23.9 Å². The molecule has 0 aliphatic carbocycles. The van der Waals surface area contributed by atoms with Gasteiger partial charge in [0.2, 0.25) is 0 Å². The second kappa shape index (κ2) is 7.34. The fourth-order valence-corrected chi connectivity index (χ4v) is 2.88. The maximum absolute atomic E-state index is 8.80. The Morgan fingerprint density at radius 3 is 2.96 bits per heavy atom. The molecule has 0 unspecified atom stereocenters. The fraction of sp³-hybridized carbons (Fsp3) is 0.167. The molecule has 140 valence electrons. The Bertz CT molecular complexity index is 1150. The molecule has 0 aromatic carbocycles. The number of anilines is 2. The van der Waals surface area contributed by atoms with E-state index in [1.165, 1.54) is 0 Å². The van der Waals surface area contributed by atoms with Crippen molar-refractivity contribution in [1.29, 1.82) is 5.26 Å². The first-order valence-corrected chi connectivity index (χ1v) is 8.57. The number of nitrogens with two attached hydrogens (primary N) is 1. The van der Waals surface area contributed by atoms with Gasteiger partial charge in [-0.2, -0.15) is 10.4 Å². The minimum Gasteiger partial charge on any atom is -0.381 e. The highest BCUT2D eigenvalue weighted by atomic mass is 15.5. The van der Waals surface area contributed by atoms with Gasteiger partial charge in [-0.15, -0.1) is 0 Å². The monoisotopic (exact) mass is 374 g/mol. The van der Waals surface area contributed by atoms with Crippen LogP contribution in [0.15, 0.2) is 49.3 Å². The van der Waals surface area contributed by atoms with Gasteiger partial charge in [-0.3, -0.25) is 9.69 Å². The summed E-state index contributed by atoms with van der Waals surface area (Å²) in [6, 6.07) is 6.02. The van der Waals surface area contributed by atoms with Crippen LogP contribution in [-0.4, -0.2) is 36.2 Å². The minimum absolute atomic E-state index is 0.175. The first-order chi connectivity index (χ1) is 13.7. The van der Waals surface area contributed by atoms with Crippen molar-refractivity contribution in [3.63, 3.8) is 0 Å². The topological polar surface area (TPSA) is 126 Å². The van der Waals surface area contributed by atoms with Gasteiger partial charge in [0.25, 0.3) is 0 Å². The summed E-state index contributed by atoms with van der Waals surface area (Å²) in [7, 11) is 1.80. The third kappa shape index (κ3) is 3.34. The van der Waals surface area contributed by atoms with Crippen molar-refractivity contribution < 1.29 is 0 Å². The number of nitrogens with zero attached hydrogens (tertiary/aromatic N) is 8. The number of fused-ring (bicyclic) bond motifs is 1. The lowest BCUT2D eigenvalue weighted by Gasteiger charge is -2.23. The summed E-state index contributed by atoms with van der Waals surface area (Å²) in [5.74, 6) is 0.824. The summed E-state index contributed by atoms with van der Waals surface area (Å²) in [6.07, 6.45) is 10.7. The molecule has 4 aromatic heterocycles. The number of hydrogen-bond donors (Lipinski definition) is 2. The van der Waals surface area contributed by atoms with Gasteiger partial charge in [-0.25, -0.2) is 20.4 Å². The zero-order valence-electron chi connectivity index (χ0n) is 15.2. The van der Waals surface area contributed by atoms with Crippen LogP contribution in [0, 0.1) is 11.3 Å². The third-order valence-electron chi connectivity index (χ3n) is 4.26. The minimum atomic E-state index is 0.175. The third-order valence-corrected chi connectivity index (χ3v) is 4.26. The Kier molecular flexibility index (Phi) is 4.57. The Labute approximate surface area is 160 Å². The molecular weight excluding hydrogens is 356 g/mol. The molecule has 0 fully saturated rings. The van der Waals surface area contributed by atoms with Crippen LogP contribution in [0.2, 0.25) is 0 Å². The van der Waals surface area contributed by atoms with E-state index in [9.17, 15) is 0 Å². The SMILES string of the molecule is CNN(Cc1ccc2nccn2c1)c1nc(-c2cnn(CC#N)c2)cnc1N. The zero-order valence-corrected chi connectivity index (χ0v) is 15.2. The Balaban J connectivity index is 1.64. The highest BCUT2D eigenvalue weighted by Gasteiger charge is 2.15. The lowest BCUT2D eigenvalue weighted by atomic mass is 10.2. The van der Waals surface area contributed by atoms with Crippen molar-refractivity contribution in [2.24, 2.45) is 0 Å². The van der Waals surface area contributed by atoms with E-state index in [1.807, 2.05) is 33.9 Å². The molecule has 0 amide bonds. The predicted molar refractivity (Wildman–Crippen MR) is 104 cm³/mol. The lowest BCUT2D eigenvalue weighted by Crippen LogP contribution is -2.36. The second-order valence-electron chi connectivity index (χ2n) is 6.09. The van der Waals surface area contributed by atoms with Crippen LogP contribution < -0.4 is 16.2 Å². The highest BCUT2D eigenvalue weighted by Crippen LogP contribution is 2.24. The number of pyridine rings is 1. The number of nitriles is 1. The molecule has 0 bridgehead atoms. The largest absolute Gasteiger partial charge is 0.381 e. The van der Waals surface area contributed by atoms with Crippen molar-refractivity contribution in [3.8, 4) is 17.3 Å². The molecule has 10 heteroatoms. The molecule has 10 nitrogen and oxygen atoms in total. The summed E-state index contributed by atoms with van der Waals surface area (Å²) >= 11 is 0. The molecule has 28 heavy (non-hydrogen) atoms. The molecule has 0 aliphatic rings. The van der Waals surface area contributed by atoms with Gasteiger partial charge >= 0.3 is 0 Å². The fourth-order valence-electron chi connectivity index (χ4n) is 2.88. The molecule has 0 radical (unpaired) electrons. The number of hydrogen-bond acceptors (Lipinski definition) is 8. The summed E-state index contributed by atoms with van der Waals surface area (Å²) < 4.78 is 3.50. The van der Waals surface area contributed by atoms with Crippen LogP contribution in [0.5, 0.6) is 0 Å². The first kappa shape index (κ1) is 17.4. The number of imidazole rings is 1. The van der Waals surface area contributed by atoms with Crippen molar-refractivity contribution in [2.75, 3.05) is 17.8 Å². The second-order valence-corrected chi connectivity index (χ2v) is 6.09. The smallest absolute Gasteiger partial charge is 0.186 e. The first-order valence-electron chi connectivity index (χ1n) is 8.57. The summed E-state index contributed by atoms with van der Waals surface area (Å²) in [5, 5.41) is 14.8. The van der Waals surface area contributed by atoms with Crippen LogP contribution in [0.3, 0.4) is 0 Å². The van der Waals surface area contributed by atoms with E-state index in [2.05, 4.69) is 31.5 Å². The quantitative estimate of drug-likeness (QED) is 0.483. The Morgan fingerprint density at radius 1 is 1.25 bits per heavy atom. The van der Waals surface area contributed by atoms with Crippen LogP contribution >= 0.6 is 0 Å². The summed E-state index contributed by atoms with van der Waals surface area (Å²) in [6.45, 7) is 0.704. The average Bonchev–Trinajstić information content (AvgIpc) is 3.36. The number of hydrazine groups is 1. The van der Waals surface area contributed by atoms with Gasteiger partial charge in [0.1, 0.15) is 12.2 Å². The van der Waals surface area contributed by atoms with E-state index in [1.54, 1.807) is 36.5 Å². The van der Waals surface area contributed by atoms with Crippen LogP contribution in [-0.2, 0) is 13.1 Å². The van der Waals surface area contributed by atoms with Gasteiger partial charge in [0.15, 0.2) is 11.6 Å². The van der Waals surface area contributed by atoms with E-state index in [-0.39, 0.29) is 6.54 Å². The molecule has 0 saturated heterocycles. The molecule has 4 heterocycles. The maximum Gasteiger partial charge on any atom is 0.186 e. The predicted octanol–water partition coefficient (Wildman–Crippen LogP) is 1.23. The Hall–Kier alpha value is -3.97. The maximum atomic E-state index is 8.80. The molecular formula is C18H18N10. The molecule has 3 N–H and O–H groups in total. The number of aromatic nitrogens is 6. The molecule has 4 rings (SSSR count). The van der Waals surface area contributed by atoms with Crippen molar-refractivity contribution in [1.82, 2.24) is 34.6 Å². The van der Waals surface area contributed by atoms with Gasteiger partial charge in [0, 0.05) is 37.4 Å². The molecule has 0 atom stereocenters. The highest BCUT2D eigenvalue weighted by molar-refractivity contribution is 5.65. The standard InChI is InChI=1S/C18H18N10/c1-21-28(11-13-2-3-16-22-5-7-26(16)10-13)18-17(20)23-9-15(25-18)14-8-24-27(12-14)6-4-19/h2-3,5,7-10,12,21H,6,11H2,1H3,(H2,20,23). The lowest BCUT2D eigenvalue weighted by molar-refractivity contribution is 0.687. The van der Waals surface area contributed by atoms with Gasteiger partial charge in [0.05, 0.1) is 30.7 Å². The van der Waals surface area contributed by atoms with Crippen LogP contribution in [0.25, 0.3) is 16.9 Å². The zero-order chi connectivity index (χ0) is 19.5. The number of rotatable bonds is 6. The van der Waals surface area contributed by atoms with Crippen molar-refractivity contribution >= 4 is 17.3 Å².